The molecule has 9 nitrogen and oxygen atoms in total. The number of aromatic nitrogens is 2. The maximum absolute atomic E-state index is 15.3. The van der Waals surface area contributed by atoms with Crippen LogP contribution < -0.4 is 15.4 Å². The van der Waals surface area contributed by atoms with Crippen LogP contribution in [-0.2, 0) is 17.8 Å². The number of rotatable bonds is 9. The number of fused-ring (bicyclic) bond motifs is 1. The van der Waals surface area contributed by atoms with Crippen LogP contribution in [0.1, 0.15) is 59.2 Å². The normalized spacial score (nSPS) is 20.4. The Labute approximate surface area is 244 Å². The summed E-state index contributed by atoms with van der Waals surface area (Å²) in [7, 11) is 1.69. The van der Waals surface area contributed by atoms with Gasteiger partial charge in [-0.15, -0.1) is 0 Å². The number of amides is 1. The van der Waals surface area contributed by atoms with E-state index in [4.69, 9.17) is 15.2 Å². The highest BCUT2D eigenvalue weighted by Gasteiger charge is 2.33. The van der Waals surface area contributed by atoms with E-state index in [0.29, 0.717) is 41.3 Å². The van der Waals surface area contributed by atoms with E-state index in [1.165, 1.54) is 36.9 Å². The minimum Gasteiger partial charge on any atom is -0.485 e. The molecule has 220 valence electrons. The van der Waals surface area contributed by atoms with Crippen LogP contribution in [0.5, 0.6) is 5.75 Å². The molecule has 2 atom stereocenters. The number of benzene rings is 2. The summed E-state index contributed by atoms with van der Waals surface area (Å²) in [6.45, 7) is 2.89. The Morgan fingerprint density at radius 2 is 2.02 bits per heavy atom. The Morgan fingerprint density at radius 3 is 2.76 bits per heavy atom. The van der Waals surface area contributed by atoms with E-state index in [9.17, 15) is 9.90 Å². The molecule has 0 radical (unpaired) electrons. The van der Waals surface area contributed by atoms with E-state index in [2.05, 4.69) is 20.9 Å². The summed E-state index contributed by atoms with van der Waals surface area (Å²) in [5.41, 5.74) is 10.4. The van der Waals surface area contributed by atoms with Gasteiger partial charge in [0.15, 0.2) is 11.6 Å². The van der Waals surface area contributed by atoms with Crippen molar-refractivity contribution in [2.75, 3.05) is 37.4 Å². The number of nitrogens with zero attached hydrogens (tertiary/aromatic N) is 4. The molecule has 2 aromatic carbocycles. The predicted molar refractivity (Wildman–Crippen MR) is 158 cm³/mol. The maximum atomic E-state index is 15.3. The van der Waals surface area contributed by atoms with Gasteiger partial charge in [0.25, 0.3) is 5.91 Å². The van der Waals surface area contributed by atoms with Crippen molar-refractivity contribution in [2.24, 2.45) is 0 Å². The summed E-state index contributed by atoms with van der Waals surface area (Å²) in [6.07, 6.45) is 9.09. The second kappa shape index (κ2) is 11.7. The fourth-order valence-corrected chi connectivity index (χ4v) is 6.16. The van der Waals surface area contributed by atoms with Crippen molar-refractivity contribution in [3.63, 3.8) is 0 Å². The summed E-state index contributed by atoms with van der Waals surface area (Å²) in [6, 6.07) is 8.63. The van der Waals surface area contributed by atoms with Crippen LogP contribution in [0.25, 0.3) is 11.3 Å². The van der Waals surface area contributed by atoms with Gasteiger partial charge in [-0.05, 0) is 74.1 Å². The van der Waals surface area contributed by atoms with E-state index in [1.54, 1.807) is 12.0 Å². The zero-order valence-electron chi connectivity index (χ0n) is 23.9. The Kier molecular flexibility index (Phi) is 7.83. The van der Waals surface area contributed by atoms with E-state index < -0.39 is 12.4 Å². The van der Waals surface area contributed by atoms with E-state index in [-0.39, 0.29) is 41.9 Å². The van der Waals surface area contributed by atoms with Crippen molar-refractivity contribution in [3.8, 4) is 17.0 Å². The van der Waals surface area contributed by atoms with Crippen molar-refractivity contribution < 1.29 is 23.8 Å². The number of carbonyl (C=O) groups excluding carboxylic acids is 1. The first-order valence-electron chi connectivity index (χ1n) is 14.4. The Balaban J connectivity index is 1.33. The third-order valence-corrected chi connectivity index (χ3v) is 8.50. The Bertz CT molecular complexity index is 1520. The molecule has 42 heavy (non-hydrogen) atoms. The molecule has 3 heterocycles. The lowest BCUT2D eigenvalue weighted by Crippen LogP contribution is -2.38. The van der Waals surface area contributed by atoms with E-state index >= 15 is 4.39 Å². The summed E-state index contributed by atoms with van der Waals surface area (Å²) < 4.78 is 27.1. The number of aliphatic hydroxyl groups is 1. The van der Waals surface area contributed by atoms with Crippen LogP contribution in [0.15, 0.2) is 48.9 Å². The van der Waals surface area contributed by atoms with Crippen LogP contribution in [0.4, 0.5) is 15.9 Å². The van der Waals surface area contributed by atoms with Gasteiger partial charge in [-0.25, -0.2) is 14.4 Å². The molecule has 6 rings (SSSR count). The molecule has 1 amide bonds. The van der Waals surface area contributed by atoms with Crippen molar-refractivity contribution in [1.82, 2.24) is 14.9 Å². The zero-order valence-corrected chi connectivity index (χ0v) is 23.9. The predicted octanol–water partition coefficient (Wildman–Crippen LogP) is 4.44. The molecular formula is C32H36FN5O4. The molecule has 10 heteroatoms. The number of nitrogens with two attached hydrogens (primary N) is 1. The van der Waals surface area contributed by atoms with Crippen molar-refractivity contribution in [3.05, 3.63) is 77.0 Å². The first-order chi connectivity index (χ1) is 20.4. The molecule has 1 aromatic heterocycles. The van der Waals surface area contributed by atoms with Gasteiger partial charge in [-0.1, -0.05) is 18.2 Å². The molecule has 0 unspecified atom stereocenters. The number of hydrogen-bond acceptors (Lipinski definition) is 8. The average Bonchev–Trinajstić information content (AvgIpc) is 3.77. The SMILES string of the molecule is CC=CN1C[C@H](OC)C[C@H]1COc1c(N)ncnc1-c1cc(F)cc(N2CCc3cc(C4CC4)ccc3C2=O)c1CO. The van der Waals surface area contributed by atoms with E-state index in [1.807, 2.05) is 31.3 Å². The monoisotopic (exact) mass is 573 g/mol. The molecule has 1 saturated carbocycles. The Morgan fingerprint density at radius 1 is 1.19 bits per heavy atom. The summed E-state index contributed by atoms with van der Waals surface area (Å²) in [5.74, 6) is 0.103. The number of aliphatic hydroxyl groups excluding tert-OH is 1. The first kappa shape index (κ1) is 28.1. The standard InChI is InChI=1S/C32H36FN5O4/c1-3-9-37-15-24(41-2)14-23(37)17-42-30-29(35-18-36-31(30)34)26-12-22(33)13-28(27(26)16-39)38-10-8-21-11-20(19-4-5-19)6-7-25(21)32(38)40/h3,6-7,9,11-13,18-19,23-24,39H,4-5,8,10,14-17H2,1-2H3,(H2,34,35,36)/t23-,24+/m0/s1. The number of hydrogen-bond donors (Lipinski definition) is 2. The van der Waals surface area contributed by atoms with Crippen LogP contribution in [0, 0.1) is 5.82 Å². The lowest BCUT2D eigenvalue weighted by Gasteiger charge is -2.31. The molecule has 1 aliphatic carbocycles. The van der Waals surface area contributed by atoms with Gasteiger partial charge in [0.2, 0.25) is 0 Å². The molecule has 3 N–H and O–H groups in total. The number of likely N-dealkylation sites (tertiary alicyclic amines) is 1. The summed E-state index contributed by atoms with van der Waals surface area (Å²) in [5, 5.41) is 10.6. The van der Waals surface area contributed by atoms with Gasteiger partial charge in [-0.3, -0.25) is 4.79 Å². The highest BCUT2D eigenvalue weighted by Crippen LogP contribution is 2.42. The number of ether oxygens (including phenoxy) is 2. The van der Waals surface area contributed by atoms with Gasteiger partial charge in [-0.2, -0.15) is 0 Å². The fraction of sp³-hybridized carbons (Fsp3) is 0.406. The molecule has 3 aliphatic rings. The highest BCUT2D eigenvalue weighted by atomic mass is 19.1. The molecule has 0 spiro atoms. The van der Waals surface area contributed by atoms with Crippen molar-refractivity contribution in [1.29, 1.82) is 0 Å². The van der Waals surface area contributed by atoms with Gasteiger partial charge in [0, 0.05) is 36.9 Å². The molecule has 1 saturated heterocycles. The molecular weight excluding hydrogens is 537 g/mol. The smallest absolute Gasteiger partial charge is 0.258 e. The van der Waals surface area contributed by atoms with Gasteiger partial charge < -0.3 is 30.1 Å². The first-order valence-corrected chi connectivity index (χ1v) is 14.4. The Hall–Kier alpha value is -4.02. The number of methoxy groups -OCH3 is 1. The zero-order chi connectivity index (χ0) is 29.4. The largest absolute Gasteiger partial charge is 0.485 e. The third-order valence-electron chi connectivity index (χ3n) is 8.50. The quantitative estimate of drug-likeness (QED) is 0.386. The lowest BCUT2D eigenvalue weighted by atomic mass is 9.93. The fourth-order valence-electron chi connectivity index (χ4n) is 6.16. The summed E-state index contributed by atoms with van der Waals surface area (Å²) in [4.78, 5) is 25.9. The third kappa shape index (κ3) is 5.32. The van der Waals surface area contributed by atoms with Crippen LogP contribution in [0.3, 0.4) is 0 Å². The number of allylic oxidation sites excluding steroid dienone is 1. The van der Waals surface area contributed by atoms with Crippen LogP contribution in [0.2, 0.25) is 0 Å². The van der Waals surface area contributed by atoms with Crippen molar-refractivity contribution >= 4 is 17.4 Å². The van der Waals surface area contributed by atoms with E-state index in [0.717, 1.165) is 18.5 Å². The number of carbonyl (C=O) groups is 1. The van der Waals surface area contributed by atoms with Gasteiger partial charge in [0.05, 0.1) is 24.4 Å². The maximum Gasteiger partial charge on any atom is 0.258 e. The topological polar surface area (TPSA) is 114 Å². The van der Waals surface area contributed by atoms with Crippen LogP contribution >= 0.6 is 0 Å². The number of anilines is 2. The van der Waals surface area contributed by atoms with Crippen molar-refractivity contribution in [2.45, 2.75) is 57.3 Å². The number of halogens is 1. The van der Waals surface area contributed by atoms with Crippen LogP contribution in [-0.4, -0.2) is 64.8 Å². The molecule has 0 bridgehead atoms. The lowest BCUT2D eigenvalue weighted by molar-refractivity contribution is 0.0980. The minimum atomic E-state index is -0.569. The van der Waals surface area contributed by atoms with Gasteiger partial charge >= 0.3 is 0 Å². The molecule has 2 aliphatic heterocycles. The minimum absolute atomic E-state index is 0.0189. The molecule has 2 fully saturated rings. The summed E-state index contributed by atoms with van der Waals surface area (Å²) >= 11 is 0. The van der Waals surface area contributed by atoms with Gasteiger partial charge in [0.1, 0.15) is 24.4 Å². The molecule has 3 aromatic rings. The average molecular weight is 574 g/mol. The number of nitrogen functional groups attached to an aromatic ring is 1. The highest BCUT2D eigenvalue weighted by molar-refractivity contribution is 6.09. The second-order valence-electron chi connectivity index (χ2n) is 11.2. The second-order valence-corrected chi connectivity index (χ2v) is 11.2.